The van der Waals surface area contributed by atoms with Gasteiger partial charge in [0.2, 0.25) is 0 Å². The fourth-order valence-corrected chi connectivity index (χ4v) is 4.94. The lowest BCUT2D eigenvalue weighted by molar-refractivity contribution is 0.101. The highest BCUT2D eigenvalue weighted by atomic mass is 32.2. The zero-order chi connectivity index (χ0) is 20.3. The first kappa shape index (κ1) is 19.4. The highest BCUT2D eigenvalue weighted by molar-refractivity contribution is 7.90. The van der Waals surface area contributed by atoms with Gasteiger partial charge in [0.05, 0.1) is 11.4 Å². The van der Waals surface area contributed by atoms with Crippen molar-refractivity contribution in [2.24, 2.45) is 4.99 Å². The van der Waals surface area contributed by atoms with Crippen LogP contribution in [-0.2, 0) is 16.6 Å². The first-order chi connectivity index (χ1) is 14.0. The van der Waals surface area contributed by atoms with Gasteiger partial charge >= 0.3 is 0 Å². The van der Waals surface area contributed by atoms with Gasteiger partial charge in [0.15, 0.2) is 0 Å². The number of benzene rings is 1. The van der Waals surface area contributed by atoms with Crippen LogP contribution >= 0.6 is 11.3 Å². The normalized spacial score (nSPS) is 13.9. The third-order valence-corrected chi connectivity index (χ3v) is 6.74. The van der Waals surface area contributed by atoms with Gasteiger partial charge in [-0.2, -0.15) is 0 Å². The van der Waals surface area contributed by atoms with Gasteiger partial charge < -0.3 is 9.88 Å². The molecular formula is C20H20N4O3S2. The summed E-state index contributed by atoms with van der Waals surface area (Å²) < 4.78 is 29.5. The number of amidine groups is 1. The smallest absolute Gasteiger partial charge is 0.272 e. The molecule has 29 heavy (non-hydrogen) atoms. The Labute approximate surface area is 173 Å². The van der Waals surface area contributed by atoms with E-state index in [1.807, 2.05) is 34.3 Å². The lowest BCUT2D eigenvalue weighted by Crippen LogP contribution is -2.29. The minimum Gasteiger partial charge on any atom is -0.338 e. The minimum absolute atomic E-state index is 0.0823. The number of sulfonamides is 1. The molecule has 9 heteroatoms. The quantitative estimate of drug-likeness (QED) is 0.631. The largest absolute Gasteiger partial charge is 0.338 e. The molecule has 0 atom stereocenters. The van der Waals surface area contributed by atoms with Gasteiger partial charge in [-0.1, -0.05) is 12.1 Å². The second-order valence-electron chi connectivity index (χ2n) is 6.62. The zero-order valence-corrected chi connectivity index (χ0v) is 17.2. The molecule has 4 rings (SSSR count). The molecule has 0 radical (unpaired) electrons. The second kappa shape index (κ2) is 8.22. The van der Waals surface area contributed by atoms with Crippen molar-refractivity contribution in [2.75, 3.05) is 11.9 Å². The number of anilines is 1. The van der Waals surface area contributed by atoms with Crippen LogP contribution < -0.4 is 10.0 Å². The van der Waals surface area contributed by atoms with E-state index in [2.05, 4.69) is 15.0 Å². The molecule has 2 N–H and O–H groups in total. The average molecular weight is 429 g/mol. The molecule has 1 aliphatic heterocycles. The number of carbonyl (C=O) groups excluding carboxylic acids is 1. The van der Waals surface area contributed by atoms with E-state index in [0.717, 1.165) is 11.3 Å². The maximum Gasteiger partial charge on any atom is 0.272 e. The highest BCUT2D eigenvalue weighted by Crippen LogP contribution is 2.18. The minimum atomic E-state index is -3.73. The predicted molar refractivity (Wildman–Crippen MR) is 114 cm³/mol. The molecule has 0 fully saturated rings. The molecule has 0 aliphatic carbocycles. The van der Waals surface area contributed by atoms with Crippen LogP contribution in [0, 0.1) is 0 Å². The molecule has 0 spiro atoms. The van der Waals surface area contributed by atoms with Crippen molar-refractivity contribution >= 4 is 38.8 Å². The van der Waals surface area contributed by atoms with E-state index in [4.69, 9.17) is 0 Å². The van der Waals surface area contributed by atoms with Crippen LogP contribution in [0.25, 0.3) is 0 Å². The number of thiophene rings is 1. The molecule has 150 valence electrons. The van der Waals surface area contributed by atoms with Crippen LogP contribution in [0.1, 0.15) is 28.2 Å². The molecular weight excluding hydrogens is 408 g/mol. The van der Waals surface area contributed by atoms with Gasteiger partial charge in [0.1, 0.15) is 11.5 Å². The summed E-state index contributed by atoms with van der Waals surface area (Å²) in [5.41, 5.74) is 0.917. The number of aliphatic imine (C=N–C) groups is 1. The topological polar surface area (TPSA) is 92.6 Å². The molecule has 0 saturated heterocycles. The summed E-state index contributed by atoms with van der Waals surface area (Å²) in [4.78, 5) is 18.1. The summed E-state index contributed by atoms with van der Waals surface area (Å²) >= 11 is 1.63. The van der Waals surface area contributed by atoms with Crippen LogP contribution in [0.15, 0.2) is 70.0 Å². The van der Waals surface area contributed by atoms with E-state index >= 15 is 0 Å². The number of hydrogen-bond donors (Lipinski definition) is 2. The van der Waals surface area contributed by atoms with E-state index in [-0.39, 0.29) is 10.8 Å². The van der Waals surface area contributed by atoms with E-state index in [1.54, 1.807) is 29.5 Å². The van der Waals surface area contributed by atoms with Gasteiger partial charge in [0.25, 0.3) is 15.9 Å². The second-order valence-corrected chi connectivity index (χ2v) is 9.33. The van der Waals surface area contributed by atoms with Crippen LogP contribution in [0.3, 0.4) is 0 Å². The van der Waals surface area contributed by atoms with Crippen molar-refractivity contribution in [3.8, 4) is 0 Å². The Hall–Kier alpha value is -2.91. The molecule has 3 heterocycles. The summed E-state index contributed by atoms with van der Waals surface area (Å²) in [5, 5.41) is 4.79. The van der Waals surface area contributed by atoms with Crippen molar-refractivity contribution in [3.63, 3.8) is 0 Å². The first-order valence-electron chi connectivity index (χ1n) is 9.16. The standard InChI is InChI=1S/C20H20N4O3S2/c25-20(18-8-3-11-24(18)14-16-6-4-12-28-16)22-15-5-1-7-17(13-15)29(26,27)23-19-9-2-10-21-19/h1,3-8,11-13H,2,9-10,14H2,(H,21,23)(H,22,25). The van der Waals surface area contributed by atoms with Crippen LogP contribution in [0.5, 0.6) is 0 Å². The predicted octanol–water partition coefficient (Wildman–Crippen LogP) is 3.32. The summed E-state index contributed by atoms with van der Waals surface area (Å²) in [6.45, 7) is 1.24. The number of carbonyl (C=O) groups is 1. The van der Waals surface area contributed by atoms with Gasteiger partial charge in [-0.05, 0) is 48.2 Å². The molecule has 0 bridgehead atoms. The molecule has 1 aromatic carbocycles. The van der Waals surface area contributed by atoms with Crippen molar-refractivity contribution in [1.29, 1.82) is 0 Å². The third-order valence-electron chi connectivity index (χ3n) is 4.50. The van der Waals surface area contributed by atoms with Crippen molar-refractivity contribution in [3.05, 3.63) is 70.7 Å². The number of nitrogens with one attached hydrogen (secondary N) is 2. The third kappa shape index (κ3) is 4.57. The van der Waals surface area contributed by atoms with Crippen LogP contribution in [0.2, 0.25) is 0 Å². The molecule has 2 aromatic heterocycles. The van der Waals surface area contributed by atoms with E-state index < -0.39 is 10.0 Å². The summed E-state index contributed by atoms with van der Waals surface area (Å²) in [6, 6.07) is 13.7. The lowest BCUT2D eigenvalue weighted by Gasteiger charge is -2.11. The Morgan fingerprint density at radius 3 is 2.83 bits per heavy atom. The van der Waals surface area contributed by atoms with Gasteiger partial charge in [0, 0.05) is 29.7 Å². The SMILES string of the molecule is O=C(Nc1cccc(S(=O)(=O)NC2=NCCC2)c1)c1cccn1Cc1cccs1. The average Bonchev–Trinajstić information content (AvgIpc) is 3.45. The lowest BCUT2D eigenvalue weighted by atomic mass is 10.3. The number of hydrogen-bond acceptors (Lipinski definition) is 5. The molecule has 0 unspecified atom stereocenters. The maximum atomic E-state index is 12.8. The fraction of sp³-hybridized carbons (Fsp3) is 0.200. The number of rotatable bonds is 6. The van der Waals surface area contributed by atoms with Gasteiger partial charge in [-0.3, -0.25) is 14.5 Å². The number of aromatic nitrogens is 1. The van der Waals surface area contributed by atoms with Crippen LogP contribution in [0.4, 0.5) is 5.69 Å². The highest BCUT2D eigenvalue weighted by Gasteiger charge is 2.19. The Bertz CT molecular complexity index is 1150. The van der Waals surface area contributed by atoms with Crippen LogP contribution in [-0.4, -0.2) is 31.3 Å². The van der Waals surface area contributed by atoms with E-state index in [1.165, 1.54) is 12.1 Å². The first-order valence-corrected chi connectivity index (χ1v) is 11.5. The van der Waals surface area contributed by atoms with Gasteiger partial charge in [-0.15, -0.1) is 11.3 Å². The molecule has 3 aromatic rings. The van der Waals surface area contributed by atoms with Crippen molar-refractivity contribution < 1.29 is 13.2 Å². The Morgan fingerprint density at radius 2 is 2.07 bits per heavy atom. The Balaban J connectivity index is 1.50. The molecule has 1 amide bonds. The number of nitrogens with zero attached hydrogens (tertiary/aromatic N) is 2. The molecule has 0 saturated carbocycles. The summed E-state index contributed by atoms with van der Waals surface area (Å²) in [6.07, 6.45) is 3.32. The van der Waals surface area contributed by atoms with Crippen molar-refractivity contribution in [1.82, 2.24) is 9.29 Å². The fourth-order valence-electron chi connectivity index (χ4n) is 3.10. The Morgan fingerprint density at radius 1 is 1.17 bits per heavy atom. The van der Waals surface area contributed by atoms with E-state index in [0.29, 0.717) is 36.7 Å². The molecule has 7 nitrogen and oxygen atoms in total. The van der Waals surface area contributed by atoms with Crippen molar-refractivity contribution in [2.45, 2.75) is 24.3 Å². The van der Waals surface area contributed by atoms with Gasteiger partial charge in [-0.25, -0.2) is 8.42 Å². The molecule has 1 aliphatic rings. The zero-order valence-electron chi connectivity index (χ0n) is 15.5. The Kier molecular flexibility index (Phi) is 5.50. The summed E-state index contributed by atoms with van der Waals surface area (Å²) in [7, 11) is -3.73. The number of amides is 1. The monoisotopic (exact) mass is 428 g/mol. The maximum absolute atomic E-state index is 12.8. The van der Waals surface area contributed by atoms with E-state index in [9.17, 15) is 13.2 Å². The summed E-state index contributed by atoms with van der Waals surface area (Å²) in [5.74, 6) is 0.181.